The Morgan fingerprint density at radius 1 is 1.00 bits per heavy atom. The van der Waals surface area contributed by atoms with Gasteiger partial charge in [0, 0.05) is 36.1 Å². The summed E-state index contributed by atoms with van der Waals surface area (Å²) in [4.78, 5) is 11.8. The fraction of sp³-hybridized carbons (Fsp3) is 0.743. The highest BCUT2D eigenvalue weighted by molar-refractivity contribution is 5.67. The molecule has 7 nitrogen and oxygen atoms in total. The summed E-state index contributed by atoms with van der Waals surface area (Å²) in [5, 5.41) is 26.4. The average Bonchev–Trinajstić information content (AvgIpc) is 3.28. The van der Waals surface area contributed by atoms with Crippen LogP contribution in [0.5, 0.6) is 0 Å². The van der Waals surface area contributed by atoms with Crippen LogP contribution in [0.25, 0.3) is 0 Å². The van der Waals surface area contributed by atoms with E-state index < -0.39 is 64.8 Å². The highest BCUT2D eigenvalue weighted by atomic mass is 19.4. The standard InChI is InChI=1S/C35H46F5NO6/c1-5-41-28(42)45-17-21-6-8-22(9-7-21)24-16-30(4)25(12-15-33(30,44)34(36,37)35(38,39)40)23-10-13-31(43)18-32(14-11-26(31)27(23)24)46-19-29(2,3)20-47-32/h6-9,23-25,43-44H,5,10-20H2,1-4H3,(H,41,42)/t23-,24+,25-,30-,31+,33-/m0/s1. The maximum Gasteiger partial charge on any atom is 0.456 e. The van der Waals surface area contributed by atoms with E-state index in [9.17, 15) is 28.2 Å². The van der Waals surface area contributed by atoms with E-state index >= 15 is 8.78 Å². The number of alkyl carbamates (subject to hydrolysis) is 1. The molecule has 47 heavy (non-hydrogen) atoms. The Bertz CT molecular complexity index is 1400. The molecule has 4 aliphatic carbocycles. The van der Waals surface area contributed by atoms with Crippen molar-refractivity contribution >= 4 is 6.09 Å². The van der Waals surface area contributed by atoms with E-state index in [1.165, 1.54) is 6.92 Å². The van der Waals surface area contributed by atoms with E-state index in [1.807, 2.05) is 13.8 Å². The zero-order valence-electron chi connectivity index (χ0n) is 27.4. The Morgan fingerprint density at radius 3 is 2.28 bits per heavy atom. The molecule has 262 valence electrons. The normalized spacial score (nSPS) is 36.4. The minimum atomic E-state index is -5.92. The van der Waals surface area contributed by atoms with Gasteiger partial charge in [-0.15, -0.1) is 0 Å². The van der Waals surface area contributed by atoms with Gasteiger partial charge in [-0.25, -0.2) is 4.79 Å². The van der Waals surface area contributed by atoms with Crippen molar-refractivity contribution < 1.29 is 51.2 Å². The summed E-state index contributed by atoms with van der Waals surface area (Å²) in [5.41, 5.74) is -3.48. The third-order valence-corrected chi connectivity index (χ3v) is 12.0. The number of amides is 1. The number of carbonyl (C=O) groups excluding carboxylic acids is 1. The summed E-state index contributed by atoms with van der Waals surface area (Å²) in [6.07, 6.45) is -5.50. The van der Waals surface area contributed by atoms with Gasteiger partial charge >= 0.3 is 18.2 Å². The summed E-state index contributed by atoms with van der Waals surface area (Å²) < 4.78 is 90.2. The summed E-state index contributed by atoms with van der Waals surface area (Å²) in [5.74, 6) is -7.92. The lowest BCUT2D eigenvalue weighted by molar-refractivity contribution is -0.362. The maximum absolute atomic E-state index is 15.3. The van der Waals surface area contributed by atoms with Gasteiger partial charge in [-0.05, 0) is 74.0 Å². The van der Waals surface area contributed by atoms with E-state index in [2.05, 4.69) is 5.32 Å². The van der Waals surface area contributed by atoms with Crippen molar-refractivity contribution in [3.05, 3.63) is 46.5 Å². The average molecular weight is 672 g/mol. The fourth-order valence-corrected chi connectivity index (χ4v) is 9.50. The van der Waals surface area contributed by atoms with Crippen LogP contribution in [0.15, 0.2) is 35.4 Å². The molecule has 0 aromatic heterocycles. The zero-order chi connectivity index (χ0) is 34.3. The van der Waals surface area contributed by atoms with Gasteiger partial charge in [0.25, 0.3) is 0 Å². The molecule has 6 rings (SSSR count). The van der Waals surface area contributed by atoms with Crippen molar-refractivity contribution in [1.29, 1.82) is 0 Å². The zero-order valence-corrected chi connectivity index (χ0v) is 27.4. The van der Waals surface area contributed by atoms with Gasteiger partial charge in [-0.2, -0.15) is 22.0 Å². The van der Waals surface area contributed by atoms with Crippen LogP contribution in [-0.4, -0.2) is 65.2 Å². The molecule has 1 heterocycles. The van der Waals surface area contributed by atoms with Crippen molar-refractivity contribution in [3.8, 4) is 0 Å². The van der Waals surface area contributed by atoms with Crippen LogP contribution in [-0.2, 0) is 20.8 Å². The second-order valence-corrected chi connectivity index (χ2v) is 15.5. The first kappa shape index (κ1) is 34.6. The van der Waals surface area contributed by atoms with Gasteiger partial charge in [-0.3, -0.25) is 0 Å². The van der Waals surface area contributed by atoms with E-state index in [0.717, 1.165) is 11.1 Å². The van der Waals surface area contributed by atoms with Crippen molar-refractivity contribution in [1.82, 2.24) is 5.32 Å². The predicted molar refractivity (Wildman–Crippen MR) is 161 cm³/mol. The van der Waals surface area contributed by atoms with E-state index in [-0.39, 0.29) is 37.7 Å². The van der Waals surface area contributed by atoms with Crippen LogP contribution < -0.4 is 5.32 Å². The van der Waals surface area contributed by atoms with Gasteiger partial charge in [0.1, 0.15) is 12.2 Å². The van der Waals surface area contributed by atoms with Crippen LogP contribution >= 0.6 is 0 Å². The first-order chi connectivity index (χ1) is 21.8. The van der Waals surface area contributed by atoms with E-state index in [0.29, 0.717) is 50.1 Å². The number of carbonyl (C=O) groups is 1. The third kappa shape index (κ3) is 5.49. The molecule has 1 aromatic carbocycles. The van der Waals surface area contributed by atoms with Gasteiger partial charge in [0.05, 0.1) is 18.8 Å². The Labute approximate surface area is 272 Å². The first-order valence-corrected chi connectivity index (χ1v) is 16.7. The van der Waals surface area contributed by atoms with Gasteiger partial charge < -0.3 is 29.7 Å². The number of ether oxygens (including phenoxy) is 3. The van der Waals surface area contributed by atoms with Crippen LogP contribution in [0.4, 0.5) is 26.7 Å². The summed E-state index contributed by atoms with van der Waals surface area (Å²) >= 11 is 0. The number of hydrogen-bond donors (Lipinski definition) is 3. The fourth-order valence-electron chi connectivity index (χ4n) is 9.50. The second-order valence-electron chi connectivity index (χ2n) is 15.5. The lowest BCUT2D eigenvalue weighted by Gasteiger charge is -2.59. The number of hydrogen-bond acceptors (Lipinski definition) is 6. The highest BCUT2D eigenvalue weighted by Gasteiger charge is 2.79. The minimum absolute atomic E-state index is 0.0106. The van der Waals surface area contributed by atoms with Crippen LogP contribution in [0.2, 0.25) is 0 Å². The third-order valence-electron chi connectivity index (χ3n) is 12.0. The summed E-state index contributed by atoms with van der Waals surface area (Å²) in [6.45, 7) is 8.59. The Balaban J connectivity index is 1.40. The molecule has 1 aromatic rings. The Kier molecular flexibility index (Phi) is 8.38. The second kappa shape index (κ2) is 11.4. The van der Waals surface area contributed by atoms with Crippen LogP contribution in [0.3, 0.4) is 0 Å². The lowest BCUT2D eigenvalue weighted by atomic mass is 9.49. The van der Waals surface area contributed by atoms with E-state index in [1.54, 1.807) is 31.2 Å². The lowest BCUT2D eigenvalue weighted by Crippen LogP contribution is -2.65. The molecule has 1 spiro atoms. The number of allylic oxidation sites excluding steroid dienone is 1. The minimum Gasteiger partial charge on any atom is -0.445 e. The largest absolute Gasteiger partial charge is 0.456 e. The molecular formula is C35H46F5NO6. The van der Waals surface area contributed by atoms with Crippen LogP contribution in [0.1, 0.15) is 96.1 Å². The molecule has 0 unspecified atom stereocenters. The van der Waals surface area contributed by atoms with Crippen LogP contribution in [0, 0.1) is 22.7 Å². The SMILES string of the molecule is CCNC(=O)OCc1ccc([C@H]2C[C@@]3(C)[C@@H](CC[C@@]3(O)C(F)(F)C(F)(F)F)[C@@H]3CC[C@@]4(O)CC5(CCC4=C32)OCC(C)(C)CO5)cc1. The van der Waals surface area contributed by atoms with Crippen molar-refractivity contribution in [2.24, 2.45) is 22.7 Å². The molecule has 1 aliphatic heterocycles. The Hall–Kier alpha value is -2.28. The molecule has 5 aliphatic rings. The van der Waals surface area contributed by atoms with Gasteiger partial charge in [-0.1, -0.05) is 50.6 Å². The monoisotopic (exact) mass is 671 g/mol. The molecular weight excluding hydrogens is 625 g/mol. The number of aliphatic hydroxyl groups is 2. The first-order valence-electron chi connectivity index (χ1n) is 16.7. The molecule has 4 fully saturated rings. The molecule has 3 saturated carbocycles. The predicted octanol–water partition coefficient (Wildman–Crippen LogP) is 7.16. The molecule has 6 atom stereocenters. The number of fused-ring (bicyclic) bond motifs is 4. The van der Waals surface area contributed by atoms with Crippen molar-refractivity contribution in [2.45, 2.75) is 121 Å². The number of alkyl halides is 5. The van der Waals surface area contributed by atoms with Gasteiger partial charge in [0.15, 0.2) is 5.79 Å². The molecule has 1 amide bonds. The van der Waals surface area contributed by atoms with Gasteiger partial charge in [0.2, 0.25) is 0 Å². The number of halogens is 5. The molecule has 12 heteroatoms. The van der Waals surface area contributed by atoms with Crippen molar-refractivity contribution in [2.75, 3.05) is 19.8 Å². The van der Waals surface area contributed by atoms with Crippen molar-refractivity contribution in [3.63, 3.8) is 0 Å². The highest BCUT2D eigenvalue weighted by Crippen LogP contribution is 2.71. The maximum atomic E-state index is 15.3. The molecule has 0 radical (unpaired) electrons. The number of benzene rings is 1. The summed E-state index contributed by atoms with van der Waals surface area (Å²) in [6, 6.07) is 7.03. The smallest absolute Gasteiger partial charge is 0.445 e. The number of nitrogens with one attached hydrogen (secondary N) is 1. The Morgan fingerprint density at radius 2 is 1.66 bits per heavy atom. The molecule has 1 saturated heterocycles. The number of rotatable bonds is 5. The molecule has 3 N–H and O–H groups in total. The summed E-state index contributed by atoms with van der Waals surface area (Å²) in [7, 11) is 0. The topological polar surface area (TPSA) is 97.3 Å². The molecule has 0 bridgehead atoms. The quantitative estimate of drug-likeness (QED) is 0.227. The van der Waals surface area contributed by atoms with E-state index in [4.69, 9.17) is 14.2 Å².